The van der Waals surface area contributed by atoms with Crippen molar-refractivity contribution in [3.05, 3.63) is 72.1 Å². The SMILES string of the molecule is COC(=O)c1cc2ccccc2n1O.O=C(O)c1cc2ccccc2n1O. The maximum Gasteiger partial charge on any atom is 0.358 e. The molecule has 0 aliphatic rings. The van der Waals surface area contributed by atoms with Crippen molar-refractivity contribution >= 4 is 33.7 Å². The molecule has 0 amide bonds. The number of rotatable bonds is 2. The van der Waals surface area contributed by atoms with Crippen LogP contribution in [-0.4, -0.2) is 44.0 Å². The van der Waals surface area contributed by atoms with Crippen molar-refractivity contribution < 1.29 is 29.8 Å². The highest BCUT2D eigenvalue weighted by atomic mass is 16.5. The van der Waals surface area contributed by atoms with Gasteiger partial charge in [-0.15, -0.1) is 0 Å². The van der Waals surface area contributed by atoms with Gasteiger partial charge in [-0.3, -0.25) is 0 Å². The molecule has 0 saturated carbocycles. The van der Waals surface area contributed by atoms with Crippen LogP contribution >= 0.6 is 0 Å². The van der Waals surface area contributed by atoms with Gasteiger partial charge in [0.25, 0.3) is 0 Å². The highest BCUT2D eigenvalue weighted by Gasteiger charge is 2.15. The molecule has 2 aromatic heterocycles. The first kappa shape index (κ1) is 17.9. The minimum atomic E-state index is -1.14. The van der Waals surface area contributed by atoms with E-state index in [1.54, 1.807) is 42.5 Å². The van der Waals surface area contributed by atoms with Crippen molar-refractivity contribution in [2.24, 2.45) is 0 Å². The third-order valence-electron chi connectivity index (χ3n) is 3.98. The Hall–Kier alpha value is -3.94. The molecule has 2 aromatic carbocycles. The predicted molar refractivity (Wildman–Crippen MR) is 96.5 cm³/mol. The van der Waals surface area contributed by atoms with Crippen molar-refractivity contribution in [1.29, 1.82) is 0 Å². The Morgan fingerprint density at radius 3 is 1.70 bits per heavy atom. The minimum Gasteiger partial charge on any atom is -0.476 e. The molecule has 8 nitrogen and oxygen atoms in total. The molecule has 0 aliphatic heterocycles. The van der Waals surface area contributed by atoms with Gasteiger partial charge in [-0.2, -0.15) is 9.46 Å². The summed E-state index contributed by atoms with van der Waals surface area (Å²) < 4.78 is 6.04. The van der Waals surface area contributed by atoms with Gasteiger partial charge in [-0.05, 0) is 24.3 Å². The lowest BCUT2D eigenvalue weighted by Crippen LogP contribution is -2.07. The lowest BCUT2D eigenvalue weighted by molar-refractivity contribution is 0.0552. The molecular formula is C19H16N2O6. The normalized spacial score (nSPS) is 10.4. The number of para-hydroxylation sites is 2. The van der Waals surface area contributed by atoms with Crippen LogP contribution in [0.1, 0.15) is 21.0 Å². The van der Waals surface area contributed by atoms with Crippen molar-refractivity contribution in [3.8, 4) is 0 Å². The summed E-state index contributed by atoms with van der Waals surface area (Å²) in [6.07, 6.45) is 0. The molecular weight excluding hydrogens is 352 g/mol. The highest BCUT2D eigenvalue weighted by molar-refractivity contribution is 5.95. The van der Waals surface area contributed by atoms with Crippen molar-refractivity contribution in [1.82, 2.24) is 9.46 Å². The van der Waals surface area contributed by atoms with Crippen LogP contribution < -0.4 is 0 Å². The molecule has 0 fully saturated rings. The number of aromatic carboxylic acids is 1. The molecule has 4 rings (SSSR count). The van der Waals surface area contributed by atoms with Crippen LogP contribution in [0, 0.1) is 0 Å². The zero-order valence-electron chi connectivity index (χ0n) is 14.2. The van der Waals surface area contributed by atoms with E-state index in [1.165, 1.54) is 13.2 Å². The van der Waals surface area contributed by atoms with Gasteiger partial charge < -0.3 is 20.3 Å². The van der Waals surface area contributed by atoms with Crippen LogP contribution in [0.4, 0.5) is 0 Å². The van der Waals surface area contributed by atoms with Crippen LogP contribution in [0.5, 0.6) is 0 Å². The fraction of sp³-hybridized carbons (Fsp3) is 0.0526. The molecule has 0 saturated heterocycles. The fourth-order valence-corrected chi connectivity index (χ4v) is 2.68. The second-order valence-electron chi connectivity index (χ2n) is 5.60. The summed E-state index contributed by atoms with van der Waals surface area (Å²) >= 11 is 0. The van der Waals surface area contributed by atoms with Crippen LogP contribution in [-0.2, 0) is 4.74 Å². The molecule has 0 spiro atoms. The summed E-state index contributed by atoms with van der Waals surface area (Å²) in [5.74, 6) is -1.69. The van der Waals surface area contributed by atoms with Crippen LogP contribution in [0.2, 0.25) is 0 Å². The van der Waals surface area contributed by atoms with E-state index in [-0.39, 0.29) is 11.4 Å². The predicted octanol–water partition coefficient (Wildman–Crippen LogP) is 3.24. The van der Waals surface area contributed by atoms with Gasteiger partial charge in [-0.25, -0.2) is 9.59 Å². The number of nitrogens with zero attached hydrogens (tertiary/aromatic N) is 2. The quantitative estimate of drug-likeness (QED) is 0.370. The smallest absolute Gasteiger partial charge is 0.358 e. The maximum absolute atomic E-state index is 11.2. The number of aromatic nitrogens is 2. The number of benzene rings is 2. The Morgan fingerprint density at radius 1 is 0.815 bits per heavy atom. The molecule has 27 heavy (non-hydrogen) atoms. The molecule has 2 heterocycles. The van der Waals surface area contributed by atoms with E-state index in [0.29, 0.717) is 21.2 Å². The largest absolute Gasteiger partial charge is 0.476 e. The molecule has 138 valence electrons. The molecule has 0 unspecified atom stereocenters. The molecule has 4 aromatic rings. The zero-order chi connectivity index (χ0) is 19.6. The Balaban J connectivity index is 0.000000156. The zero-order valence-corrected chi connectivity index (χ0v) is 14.2. The molecule has 0 atom stereocenters. The molecule has 3 N–H and O–H groups in total. The highest BCUT2D eigenvalue weighted by Crippen LogP contribution is 2.18. The number of esters is 1. The summed E-state index contributed by atoms with van der Waals surface area (Å²) in [5.41, 5.74) is 1.10. The molecule has 0 aliphatic carbocycles. The number of hydrogen-bond acceptors (Lipinski definition) is 5. The lowest BCUT2D eigenvalue weighted by Gasteiger charge is -1.99. The molecule has 0 bridgehead atoms. The number of carboxylic acid groups (broad SMARTS) is 1. The summed E-state index contributed by atoms with van der Waals surface area (Å²) in [7, 11) is 1.28. The number of carboxylic acids is 1. The van der Waals surface area contributed by atoms with E-state index in [9.17, 15) is 20.0 Å². The monoisotopic (exact) mass is 368 g/mol. The van der Waals surface area contributed by atoms with Gasteiger partial charge in [0.05, 0.1) is 18.1 Å². The Bertz CT molecular complexity index is 1140. The van der Waals surface area contributed by atoms with Crippen LogP contribution in [0.3, 0.4) is 0 Å². The van der Waals surface area contributed by atoms with Gasteiger partial charge >= 0.3 is 11.9 Å². The summed E-state index contributed by atoms with van der Waals surface area (Å²) in [5, 5.41) is 29.2. The van der Waals surface area contributed by atoms with Crippen LogP contribution in [0.25, 0.3) is 21.8 Å². The maximum atomic E-state index is 11.2. The molecule has 0 radical (unpaired) electrons. The number of methoxy groups -OCH3 is 1. The second-order valence-corrected chi connectivity index (χ2v) is 5.60. The van der Waals surface area contributed by atoms with E-state index >= 15 is 0 Å². The number of carbonyl (C=O) groups excluding carboxylic acids is 1. The minimum absolute atomic E-state index is 0.124. The van der Waals surface area contributed by atoms with Gasteiger partial charge in [0.1, 0.15) is 0 Å². The first-order valence-electron chi connectivity index (χ1n) is 7.85. The fourth-order valence-electron chi connectivity index (χ4n) is 2.68. The molecule has 8 heteroatoms. The Morgan fingerprint density at radius 2 is 1.26 bits per heavy atom. The van der Waals surface area contributed by atoms with E-state index in [4.69, 9.17) is 5.11 Å². The summed E-state index contributed by atoms with van der Waals surface area (Å²) in [6.45, 7) is 0. The average Bonchev–Trinajstić information content (AvgIpc) is 3.20. The van der Waals surface area contributed by atoms with E-state index < -0.39 is 11.9 Å². The van der Waals surface area contributed by atoms with Gasteiger partial charge in [0, 0.05) is 10.8 Å². The Labute approximate surface area is 153 Å². The third-order valence-corrected chi connectivity index (χ3v) is 3.98. The number of hydrogen-bond donors (Lipinski definition) is 3. The second kappa shape index (κ2) is 7.12. The number of ether oxygens (including phenoxy) is 1. The van der Waals surface area contributed by atoms with Crippen molar-refractivity contribution in [2.75, 3.05) is 7.11 Å². The van der Waals surface area contributed by atoms with Gasteiger partial charge in [-0.1, -0.05) is 36.4 Å². The van der Waals surface area contributed by atoms with E-state index in [0.717, 1.165) is 10.1 Å². The van der Waals surface area contributed by atoms with Crippen LogP contribution in [0.15, 0.2) is 60.7 Å². The summed E-state index contributed by atoms with van der Waals surface area (Å²) in [4.78, 5) is 21.8. The Kier molecular flexibility index (Phi) is 4.71. The number of fused-ring (bicyclic) bond motifs is 2. The van der Waals surface area contributed by atoms with E-state index in [2.05, 4.69) is 4.74 Å². The summed E-state index contributed by atoms with van der Waals surface area (Å²) in [6, 6.07) is 17.1. The standard InChI is InChI=1S/C10H9NO3.C9H7NO3/c1-14-10(12)9-6-7-4-2-3-5-8(7)11(9)13;11-9(12)8-5-6-3-1-2-4-7(6)10(8)13/h2-6,13H,1H3;1-5,13H,(H,11,12). The third kappa shape index (κ3) is 3.28. The first-order chi connectivity index (χ1) is 12.9. The first-order valence-corrected chi connectivity index (χ1v) is 7.85. The van der Waals surface area contributed by atoms with Crippen molar-refractivity contribution in [3.63, 3.8) is 0 Å². The number of carbonyl (C=O) groups is 2. The van der Waals surface area contributed by atoms with Gasteiger partial charge in [0.2, 0.25) is 0 Å². The lowest BCUT2D eigenvalue weighted by atomic mass is 10.2. The topological polar surface area (TPSA) is 114 Å². The average molecular weight is 368 g/mol. The van der Waals surface area contributed by atoms with Crippen molar-refractivity contribution in [2.45, 2.75) is 0 Å². The van der Waals surface area contributed by atoms with Gasteiger partial charge in [0.15, 0.2) is 11.4 Å². The van der Waals surface area contributed by atoms with E-state index in [1.807, 2.05) is 12.1 Å².